The van der Waals surface area contributed by atoms with E-state index >= 15 is 0 Å². The SMILES string of the molecule is O=C1OC(c2ccc(Cl)cc2)=C/C1=C\c1ccc(-c2ccc(Cl)c(C(=O)[O-])c2)o1. The lowest BCUT2D eigenvalue weighted by molar-refractivity contribution is -0.255. The van der Waals surface area contributed by atoms with Gasteiger partial charge in [-0.2, -0.15) is 0 Å². The number of hydrogen-bond acceptors (Lipinski definition) is 5. The second kappa shape index (κ2) is 7.62. The summed E-state index contributed by atoms with van der Waals surface area (Å²) in [5.41, 5.74) is 1.43. The van der Waals surface area contributed by atoms with Gasteiger partial charge in [0.25, 0.3) is 0 Å². The van der Waals surface area contributed by atoms with E-state index in [-0.39, 0.29) is 10.6 Å². The first-order valence-electron chi connectivity index (χ1n) is 8.43. The number of furan rings is 1. The fourth-order valence-corrected chi connectivity index (χ4v) is 3.14. The Labute approximate surface area is 175 Å². The molecule has 0 saturated heterocycles. The van der Waals surface area contributed by atoms with Crippen LogP contribution in [0.3, 0.4) is 0 Å². The predicted octanol–water partition coefficient (Wildman–Crippen LogP) is 4.60. The molecule has 0 atom stereocenters. The Bertz CT molecular complexity index is 1190. The van der Waals surface area contributed by atoms with Gasteiger partial charge < -0.3 is 19.1 Å². The van der Waals surface area contributed by atoms with Gasteiger partial charge in [0.2, 0.25) is 0 Å². The average molecular weight is 426 g/mol. The molecule has 7 heteroatoms. The quantitative estimate of drug-likeness (QED) is 0.450. The van der Waals surface area contributed by atoms with Crippen LogP contribution in [0, 0.1) is 0 Å². The van der Waals surface area contributed by atoms with E-state index in [9.17, 15) is 14.7 Å². The van der Waals surface area contributed by atoms with Crippen molar-refractivity contribution in [2.75, 3.05) is 0 Å². The molecule has 0 aliphatic carbocycles. The van der Waals surface area contributed by atoms with Crippen molar-refractivity contribution in [3.63, 3.8) is 0 Å². The number of halogens is 2. The van der Waals surface area contributed by atoms with E-state index in [1.165, 1.54) is 12.1 Å². The van der Waals surface area contributed by atoms with E-state index < -0.39 is 11.9 Å². The van der Waals surface area contributed by atoms with Gasteiger partial charge in [0, 0.05) is 26.7 Å². The predicted molar refractivity (Wildman–Crippen MR) is 107 cm³/mol. The van der Waals surface area contributed by atoms with Gasteiger partial charge in [0.15, 0.2) is 0 Å². The Kier molecular flexibility index (Phi) is 5.01. The number of carboxylic acids is 1. The van der Waals surface area contributed by atoms with Crippen LogP contribution < -0.4 is 5.11 Å². The molecule has 2 heterocycles. The van der Waals surface area contributed by atoms with Crippen LogP contribution in [0.1, 0.15) is 21.7 Å². The van der Waals surface area contributed by atoms with Crippen LogP contribution in [-0.4, -0.2) is 11.9 Å². The maximum Gasteiger partial charge on any atom is 0.343 e. The Morgan fingerprint density at radius 1 is 0.966 bits per heavy atom. The van der Waals surface area contributed by atoms with Gasteiger partial charge in [-0.3, -0.25) is 0 Å². The van der Waals surface area contributed by atoms with Gasteiger partial charge in [-0.25, -0.2) is 4.79 Å². The minimum absolute atomic E-state index is 0.0798. The summed E-state index contributed by atoms with van der Waals surface area (Å²) in [6.45, 7) is 0. The topological polar surface area (TPSA) is 79.6 Å². The van der Waals surface area contributed by atoms with Gasteiger partial charge in [0.1, 0.15) is 17.3 Å². The average Bonchev–Trinajstić information content (AvgIpc) is 3.30. The number of hydrogen-bond donors (Lipinski definition) is 0. The zero-order valence-corrected chi connectivity index (χ0v) is 16.2. The van der Waals surface area contributed by atoms with E-state index in [0.717, 1.165) is 5.56 Å². The Hall–Kier alpha value is -3.28. The molecule has 144 valence electrons. The van der Waals surface area contributed by atoms with Crippen LogP contribution in [0.4, 0.5) is 0 Å². The molecule has 29 heavy (non-hydrogen) atoms. The number of aromatic carboxylic acids is 1. The lowest BCUT2D eigenvalue weighted by Crippen LogP contribution is -2.22. The van der Waals surface area contributed by atoms with Crippen molar-refractivity contribution in [2.24, 2.45) is 0 Å². The second-order valence-corrected chi connectivity index (χ2v) is 7.03. The molecule has 3 aromatic rings. The molecule has 4 rings (SSSR count). The summed E-state index contributed by atoms with van der Waals surface area (Å²) < 4.78 is 11.0. The molecule has 0 N–H and O–H groups in total. The highest BCUT2D eigenvalue weighted by molar-refractivity contribution is 6.33. The maximum atomic E-state index is 12.2. The van der Waals surface area contributed by atoms with Crippen molar-refractivity contribution in [1.29, 1.82) is 0 Å². The third-order valence-electron chi connectivity index (χ3n) is 4.25. The standard InChI is InChI=1S/C22H12Cl2O5/c23-15-4-1-12(2-5-15)20-11-14(22(27)29-20)9-16-6-8-19(28-16)13-3-7-18(24)17(10-13)21(25)26/h1-11H,(H,25,26)/p-1/b14-9+. The molecule has 2 aromatic carbocycles. The molecule has 1 aliphatic heterocycles. The van der Waals surface area contributed by atoms with E-state index in [4.69, 9.17) is 32.4 Å². The number of carbonyl (C=O) groups is 2. The number of carboxylic acid groups (broad SMARTS) is 1. The van der Waals surface area contributed by atoms with Crippen molar-refractivity contribution in [2.45, 2.75) is 0 Å². The Balaban J connectivity index is 1.62. The number of benzene rings is 2. The molecule has 0 amide bonds. The van der Waals surface area contributed by atoms with Crippen molar-refractivity contribution in [3.05, 3.63) is 93.2 Å². The number of ether oxygens (including phenoxy) is 1. The van der Waals surface area contributed by atoms with Gasteiger partial charge >= 0.3 is 5.97 Å². The second-order valence-electron chi connectivity index (χ2n) is 6.19. The summed E-state index contributed by atoms with van der Waals surface area (Å²) in [6.07, 6.45) is 3.16. The normalized spacial score (nSPS) is 14.8. The van der Waals surface area contributed by atoms with E-state index in [0.29, 0.717) is 33.4 Å². The molecule has 0 spiro atoms. The van der Waals surface area contributed by atoms with E-state index in [1.807, 2.05) is 0 Å². The number of carbonyl (C=O) groups excluding carboxylic acids is 2. The lowest BCUT2D eigenvalue weighted by atomic mass is 10.1. The first kappa shape index (κ1) is 19.1. The highest BCUT2D eigenvalue weighted by atomic mass is 35.5. The van der Waals surface area contributed by atoms with Gasteiger partial charge in [-0.15, -0.1) is 0 Å². The van der Waals surface area contributed by atoms with Crippen molar-refractivity contribution < 1.29 is 23.8 Å². The monoisotopic (exact) mass is 425 g/mol. The van der Waals surface area contributed by atoms with Crippen LogP contribution in [0.25, 0.3) is 23.2 Å². The minimum Gasteiger partial charge on any atom is -0.545 e. The smallest absolute Gasteiger partial charge is 0.343 e. The Morgan fingerprint density at radius 2 is 1.69 bits per heavy atom. The van der Waals surface area contributed by atoms with Crippen LogP contribution in [0.5, 0.6) is 0 Å². The van der Waals surface area contributed by atoms with Crippen LogP contribution in [0.15, 0.2) is 70.7 Å². The largest absolute Gasteiger partial charge is 0.545 e. The van der Waals surface area contributed by atoms with E-state index in [1.54, 1.807) is 54.6 Å². The summed E-state index contributed by atoms with van der Waals surface area (Å²) in [4.78, 5) is 23.3. The molecule has 0 radical (unpaired) electrons. The van der Waals surface area contributed by atoms with Crippen LogP contribution in [-0.2, 0) is 9.53 Å². The first-order chi connectivity index (χ1) is 13.9. The van der Waals surface area contributed by atoms with Gasteiger partial charge in [0.05, 0.1) is 11.5 Å². The Morgan fingerprint density at radius 3 is 2.41 bits per heavy atom. The van der Waals surface area contributed by atoms with Crippen LogP contribution in [0.2, 0.25) is 10.0 Å². The first-order valence-corrected chi connectivity index (χ1v) is 9.19. The summed E-state index contributed by atoms with van der Waals surface area (Å²) in [5.74, 6) is -0.631. The molecular formula is C22H11Cl2O5-. The van der Waals surface area contributed by atoms with E-state index in [2.05, 4.69) is 0 Å². The van der Waals surface area contributed by atoms with Crippen molar-refractivity contribution in [1.82, 2.24) is 0 Å². The summed E-state index contributed by atoms with van der Waals surface area (Å²) in [6, 6.07) is 14.7. The molecule has 0 bridgehead atoms. The molecular weight excluding hydrogens is 415 g/mol. The van der Waals surface area contributed by atoms with Crippen LogP contribution >= 0.6 is 23.2 Å². The minimum atomic E-state index is -1.38. The molecule has 0 saturated carbocycles. The zero-order valence-electron chi connectivity index (χ0n) is 14.6. The third kappa shape index (κ3) is 3.97. The van der Waals surface area contributed by atoms with Gasteiger partial charge in [-0.05, 0) is 66.7 Å². The molecule has 0 fully saturated rings. The third-order valence-corrected chi connectivity index (χ3v) is 4.83. The fourth-order valence-electron chi connectivity index (χ4n) is 2.82. The molecule has 0 unspecified atom stereocenters. The summed E-state index contributed by atoms with van der Waals surface area (Å²) >= 11 is 11.7. The van der Waals surface area contributed by atoms with Crippen molar-refractivity contribution >= 4 is 47.0 Å². The maximum absolute atomic E-state index is 12.2. The lowest BCUT2D eigenvalue weighted by Gasteiger charge is -2.06. The van der Waals surface area contributed by atoms with Gasteiger partial charge in [-0.1, -0.05) is 23.2 Å². The molecule has 1 aliphatic rings. The number of cyclic esters (lactones) is 1. The molecule has 5 nitrogen and oxygen atoms in total. The fraction of sp³-hybridized carbons (Fsp3) is 0. The summed E-state index contributed by atoms with van der Waals surface area (Å²) in [7, 11) is 0. The highest BCUT2D eigenvalue weighted by Gasteiger charge is 2.22. The highest BCUT2D eigenvalue weighted by Crippen LogP contribution is 2.30. The zero-order chi connectivity index (χ0) is 20.5. The summed E-state index contributed by atoms with van der Waals surface area (Å²) in [5, 5.41) is 11.8. The van der Waals surface area contributed by atoms with Crippen molar-refractivity contribution in [3.8, 4) is 11.3 Å². The number of rotatable bonds is 4. The molecule has 1 aromatic heterocycles. The number of esters is 1.